The van der Waals surface area contributed by atoms with Gasteiger partial charge in [-0.15, -0.1) is 0 Å². The minimum atomic E-state index is -0.0811. The van der Waals surface area contributed by atoms with Crippen molar-refractivity contribution >= 4 is 28.4 Å². The van der Waals surface area contributed by atoms with Crippen molar-refractivity contribution in [2.45, 2.75) is 25.7 Å². The molecule has 5 nitrogen and oxygen atoms in total. The number of unbranched alkanes of at least 4 members (excludes halogenated alkanes) is 1. The molecular weight excluding hydrogens is 374 g/mol. The Balaban J connectivity index is 1.42. The number of nitrogens with one attached hydrogen (secondary N) is 1. The molecule has 0 saturated carbocycles. The molecule has 2 aromatic carbocycles. The number of rotatable bonds is 9. The smallest absolute Gasteiger partial charge is 0.316 e. The Hall–Kier alpha value is -2.37. The van der Waals surface area contributed by atoms with Gasteiger partial charge in [0.05, 0.1) is 11.0 Å². The van der Waals surface area contributed by atoms with E-state index in [1.54, 1.807) is 23.2 Å². The Bertz CT molecular complexity index is 1040. The number of aryl methyl sites for hydroxylation is 2. The van der Waals surface area contributed by atoms with E-state index in [0.29, 0.717) is 12.0 Å². The number of nitrogens with zero attached hydrogens (tertiary/aromatic N) is 2. The highest BCUT2D eigenvalue weighted by Gasteiger charge is 2.11. The number of ketones is 1. The molecule has 3 aromatic rings. The quantitative estimate of drug-likeness (QED) is 0.440. The fourth-order valence-corrected chi connectivity index (χ4v) is 3.64. The Morgan fingerprint density at radius 2 is 1.75 bits per heavy atom. The summed E-state index contributed by atoms with van der Waals surface area (Å²) in [5, 5.41) is 4.21. The summed E-state index contributed by atoms with van der Waals surface area (Å²) in [7, 11) is 3.47. The zero-order chi connectivity index (χ0) is 20.1. The lowest BCUT2D eigenvalue weighted by molar-refractivity contribution is 0.0979. The van der Waals surface area contributed by atoms with Gasteiger partial charge in [-0.1, -0.05) is 29.8 Å². The molecule has 0 aliphatic carbocycles. The number of benzene rings is 2. The molecule has 0 spiro atoms. The normalized spacial score (nSPS) is 11.2. The van der Waals surface area contributed by atoms with Crippen LogP contribution in [0.15, 0.2) is 47.3 Å². The number of hydrogen-bond acceptors (Lipinski definition) is 3. The van der Waals surface area contributed by atoms with Crippen molar-refractivity contribution in [1.82, 2.24) is 14.5 Å². The van der Waals surface area contributed by atoms with Crippen LogP contribution in [0, 0.1) is 0 Å². The van der Waals surface area contributed by atoms with Crippen LogP contribution in [-0.2, 0) is 20.5 Å². The molecule has 0 aliphatic rings. The molecule has 0 aliphatic heterocycles. The monoisotopic (exact) mass is 399 g/mol. The molecule has 0 amide bonds. The molecule has 1 heterocycles. The van der Waals surface area contributed by atoms with Gasteiger partial charge in [-0.25, -0.2) is 4.79 Å². The third kappa shape index (κ3) is 4.54. The van der Waals surface area contributed by atoms with Gasteiger partial charge < -0.3 is 5.32 Å². The molecule has 28 heavy (non-hydrogen) atoms. The molecule has 6 heteroatoms. The molecule has 1 N–H and O–H groups in total. The fourth-order valence-electron chi connectivity index (χ4n) is 3.41. The van der Waals surface area contributed by atoms with E-state index in [1.165, 1.54) is 0 Å². The van der Waals surface area contributed by atoms with Crippen molar-refractivity contribution in [1.29, 1.82) is 0 Å². The second-order valence-corrected chi connectivity index (χ2v) is 7.48. The van der Waals surface area contributed by atoms with Crippen molar-refractivity contribution in [3.8, 4) is 0 Å². The molecule has 0 bridgehead atoms. The highest BCUT2D eigenvalue weighted by molar-refractivity contribution is 6.31. The first kappa shape index (κ1) is 20.4. The van der Waals surface area contributed by atoms with Crippen LogP contribution in [0.1, 0.15) is 35.2 Å². The van der Waals surface area contributed by atoms with Gasteiger partial charge in [0.2, 0.25) is 0 Å². The van der Waals surface area contributed by atoms with E-state index in [0.717, 1.165) is 54.0 Å². The molecule has 0 saturated heterocycles. The minimum absolute atomic E-state index is 0.0811. The summed E-state index contributed by atoms with van der Waals surface area (Å²) in [6.07, 6.45) is 3.19. The Kier molecular flexibility index (Phi) is 6.70. The summed E-state index contributed by atoms with van der Waals surface area (Å²) in [4.78, 5) is 24.5. The van der Waals surface area contributed by atoms with E-state index in [1.807, 2.05) is 42.5 Å². The summed E-state index contributed by atoms with van der Waals surface area (Å²) in [6.45, 7) is 1.75. The average Bonchev–Trinajstić information content (AvgIpc) is 2.92. The van der Waals surface area contributed by atoms with Crippen LogP contribution in [0.5, 0.6) is 0 Å². The van der Waals surface area contributed by atoms with E-state index >= 15 is 0 Å². The van der Waals surface area contributed by atoms with Crippen molar-refractivity contribution in [2.24, 2.45) is 14.1 Å². The lowest BCUT2D eigenvalue weighted by Gasteiger charge is -2.06. The van der Waals surface area contributed by atoms with Gasteiger partial charge in [-0.2, -0.15) is 0 Å². The van der Waals surface area contributed by atoms with Gasteiger partial charge >= 0.3 is 5.69 Å². The lowest BCUT2D eigenvalue weighted by Crippen LogP contribution is -2.19. The summed E-state index contributed by atoms with van der Waals surface area (Å²) < 4.78 is 3.17. The highest BCUT2D eigenvalue weighted by Crippen LogP contribution is 2.16. The van der Waals surface area contributed by atoms with Crippen LogP contribution in [0.3, 0.4) is 0 Å². The summed E-state index contributed by atoms with van der Waals surface area (Å²) in [6, 6.07) is 13.4. The number of carbonyl (C=O) groups is 1. The third-order valence-electron chi connectivity index (χ3n) is 5.13. The predicted molar refractivity (Wildman–Crippen MR) is 114 cm³/mol. The first-order valence-corrected chi connectivity index (χ1v) is 9.99. The van der Waals surface area contributed by atoms with Gasteiger partial charge in [0.15, 0.2) is 5.78 Å². The van der Waals surface area contributed by atoms with E-state index < -0.39 is 0 Å². The first-order chi connectivity index (χ1) is 13.5. The molecule has 148 valence electrons. The maximum Gasteiger partial charge on any atom is 0.328 e. The van der Waals surface area contributed by atoms with E-state index in [9.17, 15) is 9.59 Å². The third-order valence-corrected chi connectivity index (χ3v) is 5.50. The van der Waals surface area contributed by atoms with Crippen LogP contribution in [0.2, 0.25) is 5.02 Å². The SMILES string of the molecule is Cn1c(=O)n(C)c2cc(C(=O)CCCCNCCc3ccccc3Cl)ccc21. The number of halogens is 1. The maximum atomic E-state index is 12.5. The topological polar surface area (TPSA) is 56.0 Å². The molecule has 1 aromatic heterocycles. The zero-order valence-corrected chi connectivity index (χ0v) is 17.1. The van der Waals surface area contributed by atoms with Crippen LogP contribution < -0.4 is 11.0 Å². The van der Waals surface area contributed by atoms with Crippen LogP contribution >= 0.6 is 11.6 Å². The van der Waals surface area contributed by atoms with Crippen LogP contribution in [0.25, 0.3) is 11.0 Å². The fraction of sp³-hybridized carbons (Fsp3) is 0.364. The van der Waals surface area contributed by atoms with Crippen LogP contribution in [0.4, 0.5) is 0 Å². The summed E-state index contributed by atoms with van der Waals surface area (Å²) >= 11 is 6.15. The summed E-state index contributed by atoms with van der Waals surface area (Å²) in [5.74, 6) is 0.120. The Morgan fingerprint density at radius 3 is 2.54 bits per heavy atom. The molecular formula is C22H26ClN3O2. The lowest BCUT2D eigenvalue weighted by atomic mass is 10.0. The number of hydrogen-bond donors (Lipinski definition) is 1. The van der Waals surface area contributed by atoms with E-state index in [-0.39, 0.29) is 11.5 Å². The second kappa shape index (κ2) is 9.22. The average molecular weight is 400 g/mol. The molecule has 0 unspecified atom stereocenters. The Labute approximate surface area is 169 Å². The second-order valence-electron chi connectivity index (χ2n) is 7.08. The van der Waals surface area contributed by atoms with Gasteiger partial charge in [-0.3, -0.25) is 13.9 Å². The van der Waals surface area contributed by atoms with Crippen molar-refractivity contribution in [2.75, 3.05) is 13.1 Å². The number of imidazole rings is 1. The van der Waals surface area contributed by atoms with E-state index in [4.69, 9.17) is 11.6 Å². The molecule has 0 atom stereocenters. The van der Waals surface area contributed by atoms with Crippen molar-refractivity contribution in [3.05, 3.63) is 69.1 Å². The molecule has 0 radical (unpaired) electrons. The van der Waals surface area contributed by atoms with Crippen molar-refractivity contribution in [3.63, 3.8) is 0 Å². The number of fused-ring (bicyclic) bond motifs is 1. The number of Topliss-reactive ketones (excluding diaryl/α,β-unsaturated/α-hetero) is 1. The maximum absolute atomic E-state index is 12.5. The minimum Gasteiger partial charge on any atom is -0.316 e. The van der Waals surface area contributed by atoms with Gasteiger partial charge in [0.1, 0.15) is 0 Å². The standard InChI is InChI=1S/C22H26ClN3O2/c1-25-19-11-10-17(15-20(19)26(2)22(25)28)21(27)9-5-6-13-24-14-12-16-7-3-4-8-18(16)23/h3-4,7-8,10-11,15,24H,5-6,9,12-14H2,1-2H3. The first-order valence-electron chi connectivity index (χ1n) is 9.62. The molecule has 3 rings (SSSR count). The Morgan fingerprint density at radius 1 is 1.00 bits per heavy atom. The van der Waals surface area contributed by atoms with Crippen LogP contribution in [-0.4, -0.2) is 28.0 Å². The molecule has 0 fully saturated rings. The van der Waals surface area contributed by atoms with Gasteiger partial charge in [0, 0.05) is 31.1 Å². The van der Waals surface area contributed by atoms with Gasteiger partial charge in [-0.05, 0) is 62.2 Å². The van der Waals surface area contributed by atoms with Crippen molar-refractivity contribution < 1.29 is 4.79 Å². The zero-order valence-electron chi connectivity index (χ0n) is 16.4. The highest BCUT2D eigenvalue weighted by atomic mass is 35.5. The number of aromatic nitrogens is 2. The largest absolute Gasteiger partial charge is 0.328 e. The number of carbonyl (C=O) groups excluding carboxylic acids is 1. The van der Waals surface area contributed by atoms with E-state index in [2.05, 4.69) is 5.32 Å². The predicted octanol–water partition coefficient (Wildman–Crippen LogP) is 3.72. The van der Waals surface area contributed by atoms with Gasteiger partial charge in [0.25, 0.3) is 0 Å². The summed E-state index contributed by atoms with van der Waals surface area (Å²) in [5.41, 5.74) is 3.37.